The molecule has 0 aliphatic carbocycles. The molecule has 1 saturated heterocycles. The van der Waals surface area contributed by atoms with Gasteiger partial charge in [0, 0.05) is 23.4 Å². The zero-order valence-corrected chi connectivity index (χ0v) is 13.4. The second-order valence-electron chi connectivity index (χ2n) is 6.15. The van der Waals surface area contributed by atoms with Crippen LogP contribution in [0, 0.1) is 0 Å². The molecule has 124 valence electrons. The van der Waals surface area contributed by atoms with Gasteiger partial charge in [-0.25, -0.2) is 0 Å². The normalized spacial score (nSPS) is 19.3. The Hall–Kier alpha value is -2.69. The van der Waals surface area contributed by atoms with Crippen molar-refractivity contribution >= 4 is 11.6 Å². The third kappa shape index (κ3) is 2.56. The number of anilines is 1. The Labute approximate surface area is 141 Å². The predicted molar refractivity (Wildman–Crippen MR) is 91.3 cm³/mol. The zero-order chi connectivity index (χ0) is 16.5. The van der Waals surface area contributed by atoms with E-state index in [1.54, 1.807) is 12.1 Å². The minimum atomic E-state index is 0.00980. The van der Waals surface area contributed by atoms with Crippen LogP contribution in [0.1, 0.15) is 34.8 Å². The number of nitrogens with two attached hydrogens (primary N) is 1. The van der Waals surface area contributed by atoms with E-state index in [0.29, 0.717) is 24.5 Å². The lowest BCUT2D eigenvalue weighted by Gasteiger charge is -2.29. The Bertz CT molecular complexity index is 775. The van der Waals surface area contributed by atoms with Crippen molar-refractivity contribution < 1.29 is 14.3 Å². The fraction of sp³-hybridized carbons (Fsp3) is 0.316. The van der Waals surface area contributed by atoms with Crippen molar-refractivity contribution in [3.63, 3.8) is 0 Å². The molecule has 0 bridgehead atoms. The fourth-order valence-electron chi connectivity index (χ4n) is 3.53. The molecule has 1 atom stereocenters. The smallest absolute Gasteiger partial charge is 0.254 e. The van der Waals surface area contributed by atoms with Gasteiger partial charge in [0.1, 0.15) is 13.2 Å². The van der Waals surface area contributed by atoms with Crippen LogP contribution < -0.4 is 15.2 Å². The topological polar surface area (TPSA) is 64.8 Å². The van der Waals surface area contributed by atoms with Gasteiger partial charge in [0.15, 0.2) is 11.5 Å². The van der Waals surface area contributed by atoms with Crippen LogP contribution in [0.25, 0.3) is 0 Å². The van der Waals surface area contributed by atoms with E-state index in [9.17, 15) is 4.79 Å². The molecule has 2 aromatic carbocycles. The van der Waals surface area contributed by atoms with Gasteiger partial charge in [0.25, 0.3) is 5.91 Å². The number of carbonyl (C=O) groups is 1. The van der Waals surface area contributed by atoms with Crippen molar-refractivity contribution in [3.05, 3.63) is 53.6 Å². The first-order valence-electron chi connectivity index (χ1n) is 8.29. The van der Waals surface area contributed by atoms with Gasteiger partial charge in [-0.3, -0.25) is 4.79 Å². The highest BCUT2D eigenvalue weighted by atomic mass is 16.6. The van der Waals surface area contributed by atoms with E-state index in [2.05, 4.69) is 0 Å². The number of fused-ring (bicyclic) bond motifs is 1. The van der Waals surface area contributed by atoms with Crippen LogP contribution in [-0.4, -0.2) is 30.6 Å². The first-order valence-corrected chi connectivity index (χ1v) is 8.29. The van der Waals surface area contributed by atoms with Crippen molar-refractivity contribution in [1.82, 2.24) is 4.90 Å². The number of likely N-dealkylation sites (tertiary alicyclic amines) is 1. The van der Waals surface area contributed by atoms with Crippen LogP contribution in [-0.2, 0) is 0 Å². The van der Waals surface area contributed by atoms with Gasteiger partial charge in [-0.1, -0.05) is 18.2 Å². The van der Waals surface area contributed by atoms with E-state index in [4.69, 9.17) is 15.2 Å². The van der Waals surface area contributed by atoms with E-state index in [1.807, 2.05) is 35.2 Å². The number of para-hydroxylation sites is 1. The largest absolute Gasteiger partial charge is 0.486 e. The molecule has 2 aliphatic heterocycles. The lowest BCUT2D eigenvalue weighted by Crippen LogP contribution is -2.31. The first-order chi connectivity index (χ1) is 11.7. The van der Waals surface area contributed by atoms with Gasteiger partial charge < -0.3 is 20.1 Å². The quantitative estimate of drug-likeness (QED) is 0.863. The average molecular weight is 324 g/mol. The SMILES string of the molecule is Nc1cccc(C(=O)N2CCCC2c2cccc3c2OCCO3)c1. The number of rotatable bonds is 2. The third-order valence-corrected chi connectivity index (χ3v) is 4.60. The summed E-state index contributed by atoms with van der Waals surface area (Å²) in [5.74, 6) is 1.56. The van der Waals surface area contributed by atoms with E-state index >= 15 is 0 Å². The van der Waals surface area contributed by atoms with E-state index < -0.39 is 0 Å². The molecular weight excluding hydrogens is 304 g/mol. The third-order valence-electron chi connectivity index (χ3n) is 4.60. The molecule has 0 aromatic heterocycles. The molecule has 2 aliphatic rings. The maximum atomic E-state index is 12.9. The van der Waals surface area contributed by atoms with Gasteiger partial charge in [0.05, 0.1) is 6.04 Å². The Kier molecular flexibility index (Phi) is 3.76. The molecule has 0 saturated carbocycles. The highest BCUT2D eigenvalue weighted by molar-refractivity contribution is 5.95. The van der Waals surface area contributed by atoms with Crippen molar-refractivity contribution in [1.29, 1.82) is 0 Å². The average Bonchev–Trinajstić information content (AvgIpc) is 3.10. The maximum Gasteiger partial charge on any atom is 0.254 e. The van der Waals surface area contributed by atoms with Crippen LogP contribution in [0.3, 0.4) is 0 Å². The summed E-state index contributed by atoms with van der Waals surface area (Å²) in [4.78, 5) is 14.9. The van der Waals surface area contributed by atoms with E-state index in [-0.39, 0.29) is 11.9 Å². The van der Waals surface area contributed by atoms with Crippen molar-refractivity contribution in [2.75, 3.05) is 25.5 Å². The molecule has 1 unspecified atom stereocenters. The molecule has 24 heavy (non-hydrogen) atoms. The number of hydrogen-bond donors (Lipinski definition) is 1. The highest BCUT2D eigenvalue weighted by Crippen LogP contribution is 2.43. The Balaban J connectivity index is 1.67. The Morgan fingerprint density at radius 2 is 1.96 bits per heavy atom. The summed E-state index contributed by atoms with van der Waals surface area (Å²) in [5, 5.41) is 0. The molecule has 2 aromatic rings. The summed E-state index contributed by atoms with van der Waals surface area (Å²) in [6.45, 7) is 1.84. The molecule has 5 heteroatoms. The molecule has 1 fully saturated rings. The molecule has 5 nitrogen and oxygen atoms in total. The van der Waals surface area contributed by atoms with Crippen molar-refractivity contribution in [3.8, 4) is 11.5 Å². The number of benzene rings is 2. The van der Waals surface area contributed by atoms with Crippen LogP contribution in [0.15, 0.2) is 42.5 Å². The van der Waals surface area contributed by atoms with Gasteiger partial charge in [-0.2, -0.15) is 0 Å². The molecule has 4 rings (SSSR count). The number of ether oxygens (including phenoxy) is 2. The highest BCUT2D eigenvalue weighted by Gasteiger charge is 2.33. The summed E-state index contributed by atoms with van der Waals surface area (Å²) in [6.07, 6.45) is 1.90. The summed E-state index contributed by atoms with van der Waals surface area (Å²) < 4.78 is 11.5. The lowest BCUT2D eigenvalue weighted by atomic mass is 10.0. The number of hydrogen-bond acceptors (Lipinski definition) is 4. The predicted octanol–water partition coefficient (Wildman–Crippen LogP) is 3.02. The van der Waals surface area contributed by atoms with Crippen LogP contribution in [0.2, 0.25) is 0 Å². The van der Waals surface area contributed by atoms with Crippen molar-refractivity contribution in [2.45, 2.75) is 18.9 Å². The van der Waals surface area contributed by atoms with Gasteiger partial charge >= 0.3 is 0 Å². The van der Waals surface area contributed by atoms with Gasteiger partial charge in [-0.05, 0) is 37.1 Å². The Morgan fingerprint density at radius 3 is 2.83 bits per heavy atom. The second kappa shape index (κ2) is 6.07. The summed E-state index contributed by atoms with van der Waals surface area (Å²) in [6, 6.07) is 13.1. The summed E-state index contributed by atoms with van der Waals surface area (Å²) >= 11 is 0. The minimum absolute atomic E-state index is 0.00980. The first kappa shape index (κ1) is 14.9. The van der Waals surface area contributed by atoms with Crippen LogP contribution >= 0.6 is 0 Å². The minimum Gasteiger partial charge on any atom is -0.486 e. The Morgan fingerprint density at radius 1 is 1.12 bits per heavy atom. The van der Waals surface area contributed by atoms with Crippen molar-refractivity contribution in [2.24, 2.45) is 0 Å². The molecular formula is C19H20N2O3. The second-order valence-corrected chi connectivity index (χ2v) is 6.15. The monoisotopic (exact) mass is 324 g/mol. The molecule has 0 radical (unpaired) electrons. The molecule has 1 amide bonds. The van der Waals surface area contributed by atoms with Crippen LogP contribution in [0.4, 0.5) is 5.69 Å². The standard InChI is InChI=1S/C19H20N2O3/c20-14-5-1-4-13(12-14)19(22)21-9-3-7-16(21)15-6-2-8-17-18(15)24-11-10-23-17/h1-2,4-6,8,12,16H,3,7,9-11,20H2. The van der Waals surface area contributed by atoms with E-state index in [0.717, 1.165) is 36.4 Å². The number of nitrogens with zero attached hydrogens (tertiary/aromatic N) is 1. The van der Waals surface area contributed by atoms with Crippen LogP contribution in [0.5, 0.6) is 11.5 Å². The summed E-state index contributed by atoms with van der Waals surface area (Å²) in [7, 11) is 0. The van der Waals surface area contributed by atoms with Gasteiger partial charge in [0.2, 0.25) is 0 Å². The molecule has 2 heterocycles. The molecule has 0 spiro atoms. The molecule has 2 N–H and O–H groups in total. The van der Waals surface area contributed by atoms with E-state index in [1.165, 1.54) is 0 Å². The number of amides is 1. The zero-order valence-electron chi connectivity index (χ0n) is 13.4. The number of carbonyl (C=O) groups excluding carboxylic acids is 1. The summed E-state index contributed by atoms with van der Waals surface area (Å²) in [5.41, 5.74) is 8.09. The van der Waals surface area contributed by atoms with Gasteiger partial charge in [-0.15, -0.1) is 0 Å². The lowest BCUT2D eigenvalue weighted by molar-refractivity contribution is 0.0731. The number of nitrogen functional groups attached to an aromatic ring is 1. The fourth-order valence-corrected chi connectivity index (χ4v) is 3.53. The maximum absolute atomic E-state index is 12.9.